The highest BCUT2D eigenvalue weighted by atomic mass is 35.5. The Morgan fingerprint density at radius 1 is 1.38 bits per heavy atom. The summed E-state index contributed by atoms with van der Waals surface area (Å²) in [4.78, 5) is 26.4. The van der Waals surface area contributed by atoms with E-state index < -0.39 is 0 Å². The number of carbonyl (C=O) groups is 2. The summed E-state index contributed by atoms with van der Waals surface area (Å²) in [6, 6.07) is 3.44. The van der Waals surface area contributed by atoms with E-state index in [4.69, 9.17) is 16.0 Å². The molecular weight excluding hydrogens is 354 g/mol. The molecule has 0 spiro atoms. The first-order chi connectivity index (χ1) is 12.5. The van der Waals surface area contributed by atoms with Crippen LogP contribution < -0.4 is 10.6 Å². The van der Waals surface area contributed by atoms with Gasteiger partial charge in [0.15, 0.2) is 5.58 Å². The van der Waals surface area contributed by atoms with Gasteiger partial charge >= 0.3 is 6.03 Å². The molecule has 3 amide bonds. The Bertz CT molecular complexity index is 892. The van der Waals surface area contributed by atoms with Gasteiger partial charge in [0.05, 0.1) is 10.9 Å². The Morgan fingerprint density at radius 3 is 2.92 bits per heavy atom. The molecule has 0 saturated carbocycles. The maximum Gasteiger partial charge on any atom is 0.321 e. The molecular formula is C19H22ClN3O3. The van der Waals surface area contributed by atoms with Crippen molar-refractivity contribution in [1.29, 1.82) is 0 Å². The summed E-state index contributed by atoms with van der Waals surface area (Å²) in [6.07, 6.45) is 2.55. The zero-order valence-electron chi connectivity index (χ0n) is 14.9. The number of benzene rings is 1. The first-order valence-corrected chi connectivity index (χ1v) is 9.42. The zero-order chi connectivity index (χ0) is 18.4. The highest BCUT2D eigenvalue weighted by Gasteiger charge is 2.36. The fourth-order valence-electron chi connectivity index (χ4n) is 3.95. The van der Waals surface area contributed by atoms with Gasteiger partial charge in [-0.2, -0.15) is 0 Å². The number of hydrogen-bond donors (Lipinski definition) is 2. The van der Waals surface area contributed by atoms with E-state index in [1.165, 1.54) is 0 Å². The lowest BCUT2D eigenvalue weighted by molar-refractivity contribution is -0.126. The Balaban J connectivity index is 1.58. The van der Waals surface area contributed by atoms with Crippen LogP contribution in [0.3, 0.4) is 0 Å². The maximum absolute atomic E-state index is 12.7. The van der Waals surface area contributed by atoms with Crippen LogP contribution >= 0.6 is 11.6 Å². The van der Waals surface area contributed by atoms with Gasteiger partial charge in [0.2, 0.25) is 5.91 Å². The quantitative estimate of drug-likeness (QED) is 0.840. The summed E-state index contributed by atoms with van der Waals surface area (Å²) >= 11 is 6.36. The third kappa shape index (κ3) is 2.92. The summed E-state index contributed by atoms with van der Waals surface area (Å²) in [5.41, 5.74) is 2.33. The monoisotopic (exact) mass is 375 g/mol. The van der Waals surface area contributed by atoms with Crippen molar-refractivity contribution in [3.05, 3.63) is 28.5 Å². The molecule has 1 aromatic carbocycles. The van der Waals surface area contributed by atoms with Gasteiger partial charge in [0.1, 0.15) is 5.76 Å². The molecule has 3 aliphatic rings. The van der Waals surface area contributed by atoms with Gasteiger partial charge < -0.3 is 20.0 Å². The van der Waals surface area contributed by atoms with E-state index in [0.717, 1.165) is 36.0 Å². The number of carbonyl (C=O) groups excluding carboxylic acids is 2. The van der Waals surface area contributed by atoms with Gasteiger partial charge in [-0.05, 0) is 37.5 Å². The van der Waals surface area contributed by atoms with Gasteiger partial charge in [-0.15, -0.1) is 0 Å². The first kappa shape index (κ1) is 17.2. The van der Waals surface area contributed by atoms with Crippen LogP contribution in [0.2, 0.25) is 5.02 Å². The molecule has 4 heterocycles. The minimum atomic E-state index is -0.203. The van der Waals surface area contributed by atoms with E-state index in [2.05, 4.69) is 10.6 Å². The van der Waals surface area contributed by atoms with E-state index in [1.54, 1.807) is 11.0 Å². The molecule has 3 fully saturated rings. The maximum atomic E-state index is 12.7. The molecule has 26 heavy (non-hydrogen) atoms. The molecule has 2 N–H and O–H groups in total. The van der Waals surface area contributed by atoms with E-state index in [1.807, 2.05) is 19.9 Å². The molecule has 5 rings (SSSR count). The standard InChI is InChI=1S/C19H22ClN3O3/c1-3-16-10(2)14-6-13(7-15(20)17(14)26-16)22-19(25)23-8-11-4-5-12(9-23)21-18(11)24/h6-7,11-12H,3-5,8-9H2,1-2H3,(H,21,24)(H,22,25)/t11-,12+/m1/s1. The van der Waals surface area contributed by atoms with Gasteiger partial charge in [0, 0.05) is 36.6 Å². The van der Waals surface area contributed by atoms with Crippen molar-refractivity contribution in [3.63, 3.8) is 0 Å². The van der Waals surface area contributed by atoms with Crippen LogP contribution in [0.4, 0.5) is 10.5 Å². The van der Waals surface area contributed by atoms with Gasteiger partial charge in [-0.25, -0.2) is 4.79 Å². The lowest BCUT2D eigenvalue weighted by atomic mass is 9.96. The SMILES string of the molecule is CCc1oc2c(Cl)cc(NC(=O)N3C[C@@H]4CC[C@H](C3)C(=O)N4)cc2c1C. The molecule has 3 saturated heterocycles. The molecule has 1 aromatic heterocycles. The summed E-state index contributed by atoms with van der Waals surface area (Å²) in [7, 11) is 0. The topological polar surface area (TPSA) is 74.6 Å². The van der Waals surface area contributed by atoms with Crippen molar-refractivity contribution in [2.45, 2.75) is 39.2 Å². The predicted octanol–water partition coefficient (Wildman–Crippen LogP) is 3.70. The van der Waals surface area contributed by atoms with Crippen LogP contribution in [0.5, 0.6) is 0 Å². The van der Waals surface area contributed by atoms with E-state index >= 15 is 0 Å². The average molecular weight is 376 g/mol. The second-order valence-electron chi connectivity index (χ2n) is 7.15. The number of nitrogens with zero attached hydrogens (tertiary/aromatic N) is 1. The highest BCUT2D eigenvalue weighted by Crippen LogP contribution is 2.34. The van der Waals surface area contributed by atoms with Crippen molar-refractivity contribution >= 4 is 40.2 Å². The largest absolute Gasteiger partial charge is 0.459 e. The normalized spacial score (nSPS) is 22.4. The van der Waals surface area contributed by atoms with Crippen molar-refractivity contribution in [1.82, 2.24) is 10.2 Å². The van der Waals surface area contributed by atoms with Crippen LogP contribution in [-0.2, 0) is 11.2 Å². The Labute approximate surface area is 156 Å². The van der Waals surface area contributed by atoms with Gasteiger partial charge in [0.25, 0.3) is 0 Å². The average Bonchev–Trinajstić information content (AvgIpc) is 2.76. The third-order valence-corrected chi connectivity index (χ3v) is 5.69. The fraction of sp³-hybridized carbons (Fsp3) is 0.474. The predicted molar refractivity (Wildman–Crippen MR) is 101 cm³/mol. The minimum Gasteiger partial charge on any atom is -0.459 e. The first-order valence-electron chi connectivity index (χ1n) is 9.04. The molecule has 0 aliphatic carbocycles. The summed E-state index contributed by atoms with van der Waals surface area (Å²) < 4.78 is 5.82. The van der Waals surface area contributed by atoms with E-state index in [0.29, 0.717) is 29.4 Å². The van der Waals surface area contributed by atoms with Crippen LogP contribution in [-0.4, -0.2) is 36.0 Å². The number of amides is 3. The number of rotatable bonds is 2. The number of hydrogen-bond acceptors (Lipinski definition) is 3. The second kappa shape index (κ2) is 6.50. The molecule has 2 atom stereocenters. The Kier molecular flexibility index (Phi) is 4.31. The molecule has 2 bridgehead atoms. The van der Waals surface area contributed by atoms with Crippen molar-refractivity contribution in [3.8, 4) is 0 Å². The van der Waals surface area contributed by atoms with Gasteiger partial charge in [-0.3, -0.25) is 4.79 Å². The number of halogens is 1. The summed E-state index contributed by atoms with van der Waals surface area (Å²) in [5.74, 6) is 0.843. The Morgan fingerprint density at radius 2 is 2.19 bits per heavy atom. The number of anilines is 1. The number of urea groups is 1. The summed E-state index contributed by atoms with van der Waals surface area (Å²) in [5, 5.41) is 7.31. The lowest BCUT2D eigenvalue weighted by Gasteiger charge is -2.23. The van der Waals surface area contributed by atoms with Crippen molar-refractivity contribution in [2.24, 2.45) is 5.92 Å². The molecule has 0 radical (unpaired) electrons. The molecule has 0 unspecified atom stereocenters. The third-order valence-electron chi connectivity index (χ3n) is 5.41. The molecule has 138 valence electrons. The zero-order valence-corrected chi connectivity index (χ0v) is 15.7. The molecule has 3 aliphatic heterocycles. The van der Waals surface area contributed by atoms with Crippen molar-refractivity contribution < 1.29 is 14.0 Å². The number of aryl methyl sites for hydroxylation is 2. The lowest BCUT2D eigenvalue weighted by Crippen LogP contribution is -2.44. The fourth-order valence-corrected chi connectivity index (χ4v) is 4.20. The van der Waals surface area contributed by atoms with Crippen LogP contribution in [0.25, 0.3) is 11.0 Å². The Hall–Kier alpha value is -2.21. The smallest absolute Gasteiger partial charge is 0.321 e. The van der Waals surface area contributed by atoms with Crippen LogP contribution in [0, 0.1) is 12.8 Å². The number of nitrogens with one attached hydrogen (secondary N) is 2. The molecule has 6 nitrogen and oxygen atoms in total. The molecule has 7 heteroatoms. The highest BCUT2D eigenvalue weighted by molar-refractivity contribution is 6.35. The van der Waals surface area contributed by atoms with Crippen LogP contribution in [0.15, 0.2) is 16.5 Å². The molecule has 2 aromatic rings. The number of fused-ring (bicyclic) bond motifs is 5. The number of piperidine rings is 1. The minimum absolute atomic E-state index is 0.0429. The summed E-state index contributed by atoms with van der Waals surface area (Å²) in [6.45, 7) is 5.02. The van der Waals surface area contributed by atoms with Crippen LogP contribution in [0.1, 0.15) is 31.1 Å². The second-order valence-corrected chi connectivity index (χ2v) is 7.56. The van der Waals surface area contributed by atoms with Crippen molar-refractivity contribution in [2.75, 3.05) is 18.4 Å². The number of furan rings is 1. The van der Waals surface area contributed by atoms with E-state index in [-0.39, 0.29) is 23.9 Å². The van der Waals surface area contributed by atoms with E-state index in [9.17, 15) is 9.59 Å². The van der Waals surface area contributed by atoms with Gasteiger partial charge in [-0.1, -0.05) is 18.5 Å².